The lowest BCUT2D eigenvalue weighted by atomic mass is 10.0. The summed E-state index contributed by atoms with van der Waals surface area (Å²) in [5.74, 6) is 0.911. The molecule has 0 aromatic heterocycles. The zero-order valence-electron chi connectivity index (χ0n) is 25.8. The summed E-state index contributed by atoms with van der Waals surface area (Å²) in [4.78, 5) is 21.8. The molecule has 0 N–H and O–H groups in total. The molecule has 2 atom stereocenters. The van der Waals surface area contributed by atoms with E-state index in [0.29, 0.717) is 30.1 Å². The molecule has 0 aliphatic carbocycles. The molecular formula is C32H68NO3+. The third-order valence-electron chi connectivity index (χ3n) is 7.37. The van der Waals surface area contributed by atoms with Crippen molar-refractivity contribution < 1.29 is 14.8 Å². The fourth-order valence-electron chi connectivity index (χ4n) is 4.43. The Hall–Kier alpha value is -0.800. The molecule has 0 aliphatic heterocycles. The minimum Gasteiger partial charge on any atom is -0.186 e. The smallest absolute Gasteiger partial charge is 0.186 e. The summed E-state index contributed by atoms with van der Waals surface area (Å²) in [6.07, 6.45) is 29.5. The molecule has 2 unspecified atom stereocenters. The second kappa shape index (κ2) is 32.2. The Morgan fingerprint density at radius 3 is 0.972 bits per heavy atom. The molecule has 36 heavy (non-hydrogen) atoms. The van der Waals surface area contributed by atoms with Gasteiger partial charge in [0.15, 0.2) is 13.2 Å². The van der Waals surface area contributed by atoms with Crippen LogP contribution in [0.3, 0.4) is 0 Å². The minimum absolute atomic E-state index is 0.323. The van der Waals surface area contributed by atoms with Crippen LogP contribution >= 0.6 is 0 Å². The molecule has 218 valence electrons. The first-order valence-corrected chi connectivity index (χ1v) is 16.3. The first-order chi connectivity index (χ1) is 17.6. The van der Waals surface area contributed by atoms with Gasteiger partial charge in [-0.1, -0.05) is 157 Å². The topological polar surface area (TPSA) is 38.5 Å². The molecule has 0 aliphatic rings. The highest BCUT2D eigenvalue weighted by atomic mass is 17.0. The predicted molar refractivity (Wildman–Crippen MR) is 158 cm³/mol. The maximum atomic E-state index is 11.5. The van der Waals surface area contributed by atoms with Gasteiger partial charge < -0.3 is 0 Å². The summed E-state index contributed by atoms with van der Waals surface area (Å²) < 4.78 is 0. The lowest BCUT2D eigenvalue weighted by molar-refractivity contribution is -0.982. The van der Waals surface area contributed by atoms with Crippen LogP contribution in [0.2, 0.25) is 0 Å². The number of unbranched alkanes of at least 4 members (excludes halogenated alkanes) is 15. The van der Waals surface area contributed by atoms with Crippen LogP contribution in [-0.4, -0.2) is 18.3 Å². The van der Waals surface area contributed by atoms with Gasteiger partial charge in [-0.25, -0.2) is 0 Å². The van der Waals surface area contributed by atoms with Crippen molar-refractivity contribution >= 4 is 0 Å². The summed E-state index contributed by atoms with van der Waals surface area (Å²) >= 11 is 0. The van der Waals surface area contributed by atoms with Gasteiger partial charge in [0.05, 0.1) is 0 Å². The first-order valence-electron chi connectivity index (χ1n) is 16.3. The lowest BCUT2D eigenvalue weighted by Gasteiger charge is -2.11. The van der Waals surface area contributed by atoms with Crippen LogP contribution in [0, 0.1) is 16.7 Å². The predicted octanol–water partition coefficient (Wildman–Crippen LogP) is 11.5. The summed E-state index contributed by atoms with van der Waals surface area (Å²) in [5, 5.41) is 0.323. The molecule has 0 spiro atoms. The van der Waals surface area contributed by atoms with Crippen molar-refractivity contribution in [3.8, 4) is 0 Å². The second-order valence-electron chi connectivity index (χ2n) is 10.9. The Kier molecular flexibility index (Phi) is 33.4. The summed E-state index contributed by atoms with van der Waals surface area (Å²) in [5.41, 5.74) is 0. The molecule has 0 fully saturated rings. The van der Waals surface area contributed by atoms with Gasteiger partial charge in [-0.15, -0.1) is 0 Å². The Bertz CT molecular complexity index is 380. The van der Waals surface area contributed by atoms with Gasteiger partial charge in [0, 0.05) is 11.8 Å². The highest BCUT2D eigenvalue weighted by molar-refractivity contribution is 4.55. The zero-order valence-corrected chi connectivity index (χ0v) is 25.8. The van der Waals surface area contributed by atoms with Crippen molar-refractivity contribution in [2.75, 3.05) is 13.2 Å². The van der Waals surface area contributed by atoms with Crippen molar-refractivity contribution in [3.63, 3.8) is 0 Å². The first kappa shape index (κ1) is 37.4. The van der Waals surface area contributed by atoms with Gasteiger partial charge in [0.1, 0.15) is 4.91 Å². The van der Waals surface area contributed by atoms with Crippen LogP contribution in [0.5, 0.6) is 0 Å². The molecule has 0 bridgehead atoms. The molecule has 0 radical (unpaired) electrons. The summed E-state index contributed by atoms with van der Waals surface area (Å²) in [6, 6.07) is 0. The molecule has 0 aromatic rings. The maximum absolute atomic E-state index is 11.5. The van der Waals surface area contributed by atoms with Crippen molar-refractivity contribution in [3.05, 3.63) is 4.91 Å². The second-order valence-corrected chi connectivity index (χ2v) is 10.9. The maximum Gasteiger partial charge on any atom is 0.477 e. The van der Waals surface area contributed by atoms with Crippen LogP contribution in [0.4, 0.5) is 0 Å². The zero-order chi connectivity index (χ0) is 27.1. The van der Waals surface area contributed by atoms with E-state index in [4.69, 9.17) is 9.68 Å². The van der Waals surface area contributed by atoms with Gasteiger partial charge >= 0.3 is 5.09 Å². The Morgan fingerprint density at radius 1 is 0.444 bits per heavy atom. The van der Waals surface area contributed by atoms with Crippen molar-refractivity contribution in [1.82, 2.24) is 0 Å². The third kappa shape index (κ3) is 29.4. The number of rotatable bonds is 27. The summed E-state index contributed by atoms with van der Waals surface area (Å²) in [6.45, 7) is 14.1. The van der Waals surface area contributed by atoms with E-state index in [0.717, 1.165) is 25.7 Å². The van der Waals surface area contributed by atoms with Gasteiger partial charge in [0.25, 0.3) is 0 Å². The normalized spacial score (nSPS) is 12.5. The van der Waals surface area contributed by atoms with Gasteiger partial charge in [-0.3, -0.25) is 0 Å². The molecular weight excluding hydrogens is 446 g/mol. The van der Waals surface area contributed by atoms with Gasteiger partial charge in [-0.05, 0) is 25.7 Å². The Morgan fingerprint density at radius 2 is 0.722 bits per heavy atom. The number of nitrogens with zero attached hydrogens (tertiary/aromatic N) is 1. The Labute approximate surface area is 227 Å². The molecule has 0 amide bonds. The Balaban J connectivity index is 0. The highest BCUT2D eigenvalue weighted by Crippen LogP contribution is 2.15. The molecule has 0 saturated carbocycles. The fraction of sp³-hybridized carbons (Fsp3) is 1.00. The molecule has 0 rings (SSSR count). The minimum atomic E-state index is 0.323. The van der Waals surface area contributed by atoms with Crippen molar-refractivity contribution in [1.29, 1.82) is 0 Å². The van der Waals surface area contributed by atoms with Crippen LogP contribution in [0.25, 0.3) is 0 Å². The number of hydrogen-bond acceptors (Lipinski definition) is 3. The standard InChI is InChI=1S/C16H34NO3.C16H34/c1-5-9-11-15(7-3)13-19-17(18)20-14-16(8-4)12-10-6-2;1-3-5-7-9-11-13-15-16-14-12-10-8-6-4-2/h15-16H,5-14H2,1-4H3;3-16H2,1-2H3/q+1;. The average molecular weight is 515 g/mol. The largest absolute Gasteiger partial charge is 0.477 e. The van der Waals surface area contributed by atoms with Crippen molar-refractivity contribution in [2.24, 2.45) is 11.8 Å². The van der Waals surface area contributed by atoms with Gasteiger partial charge in [-0.2, -0.15) is 9.68 Å². The van der Waals surface area contributed by atoms with E-state index in [1.807, 2.05) is 0 Å². The van der Waals surface area contributed by atoms with Crippen LogP contribution in [0.15, 0.2) is 0 Å². The van der Waals surface area contributed by atoms with Crippen LogP contribution < -0.4 is 0 Å². The fourth-order valence-corrected chi connectivity index (χ4v) is 4.43. The summed E-state index contributed by atoms with van der Waals surface area (Å²) in [7, 11) is 0. The van der Waals surface area contributed by atoms with E-state index in [1.54, 1.807) is 0 Å². The molecule has 0 aromatic carbocycles. The van der Waals surface area contributed by atoms with E-state index >= 15 is 0 Å². The molecule has 4 heteroatoms. The SMILES string of the molecule is CCCCC(CC)CO[N+](=O)OCC(CC)CCCC.CCCCCCCCCCCCCCCC. The quantitative estimate of drug-likeness (QED) is 0.0808. The molecule has 4 nitrogen and oxygen atoms in total. The van der Waals surface area contributed by atoms with E-state index in [1.165, 1.54) is 116 Å². The lowest BCUT2D eigenvalue weighted by Crippen LogP contribution is -2.20. The van der Waals surface area contributed by atoms with Crippen molar-refractivity contribution in [2.45, 2.75) is 183 Å². The van der Waals surface area contributed by atoms with E-state index in [-0.39, 0.29) is 0 Å². The average Bonchev–Trinajstić information content (AvgIpc) is 2.90. The molecule has 0 heterocycles. The highest BCUT2D eigenvalue weighted by Gasteiger charge is 2.19. The van der Waals surface area contributed by atoms with Gasteiger partial charge in [0.2, 0.25) is 0 Å². The molecule has 0 saturated heterocycles. The van der Waals surface area contributed by atoms with Crippen LogP contribution in [0.1, 0.15) is 183 Å². The van der Waals surface area contributed by atoms with E-state index < -0.39 is 0 Å². The van der Waals surface area contributed by atoms with E-state index in [9.17, 15) is 4.91 Å². The number of hydrogen-bond donors (Lipinski definition) is 0. The van der Waals surface area contributed by atoms with Crippen LogP contribution in [-0.2, 0) is 9.68 Å². The van der Waals surface area contributed by atoms with E-state index in [2.05, 4.69) is 41.5 Å². The third-order valence-corrected chi connectivity index (χ3v) is 7.37. The monoisotopic (exact) mass is 515 g/mol.